The van der Waals surface area contributed by atoms with Gasteiger partial charge in [-0.2, -0.15) is 5.26 Å². The van der Waals surface area contributed by atoms with Crippen molar-refractivity contribution in [1.82, 2.24) is 15.5 Å². The van der Waals surface area contributed by atoms with Crippen LogP contribution in [0.3, 0.4) is 0 Å². The van der Waals surface area contributed by atoms with Crippen molar-refractivity contribution in [1.29, 1.82) is 5.26 Å². The van der Waals surface area contributed by atoms with E-state index in [4.69, 9.17) is 16.3 Å². The molecule has 2 aromatic carbocycles. The number of fused-ring (bicyclic) bond motifs is 1. The first-order chi connectivity index (χ1) is 14.2. The minimum atomic E-state index is 0.525. The molecule has 1 aromatic heterocycles. The van der Waals surface area contributed by atoms with Gasteiger partial charge in [-0.3, -0.25) is 0 Å². The molecule has 3 aromatic rings. The van der Waals surface area contributed by atoms with Crippen molar-refractivity contribution in [3.8, 4) is 11.8 Å². The number of nitrogens with one attached hydrogen (secondary N) is 2. The molecule has 29 heavy (non-hydrogen) atoms. The highest BCUT2D eigenvalue weighted by Gasteiger charge is 2.18. The van der Waals surface area contributed by atoms with Crippen LogP contribution in [-0.2, 0) is 6.54 Å². The average molecular weight is 409 g/mol. The van der Waals surface area contributed by atoms with Crippen LogP contribution in [0.25, 0.3) is 10.8 Å². The van der Waals surface area contributed by atoms with Crippen LogP contribution in [0, 0.1) is 11.3 Å². The van der Waals surface area contributed by atoms with Gasteiger partial charge in [0.2, 0.25) is 0 Å². The molecule has 2 heterocycles. The normalized spacial score (nSPS) is 13.9. The van der Waals surface area contributed by atoms with Gasteiger partial charge >= 0.3 is 0 Å². The number of hydrogen-bond donors (Lipinski definition) is 2. The Labute approximate surface area is 174 Å². The number of anilines is 2. The van der Waals surface area contributed by atoms with Gasteiger partial charge in [0, 0.05) is 43.5 Å². The molecule has 0 atom stereocenters. The Hall–Kier alpha value is -3.08. The first kappa shape index (κ1) is 19.2. The summed E-state index contributed by atoms with van der Waals surface area (Å²) in [6.07, 6.45) is 0. The number of ether oxygens (including phenoxy) is 1. The second-order valence-electron chi connectivity index (χ2n) is 6.80. The molecule has 0 spiro atoms. The third-order valence-corrected chi connectivity index (χ3v) is 5.28. The predicted molar refractivity (Wildman–Crippen MR) is 115 cm³/mol. The molecule has 1 aliphatic rings. The summed E-state index contributed by atoms with van der Waals surface area (Å²) in [7, 11) is 1.59. The maximum Gasteiger partial charge on any atom is 0.159 e. The summed E-state index contributed by atoms with van der Waals surface area (Å²) in [6.45, 7) is 4.11. The highest BCUT2D eigenvalue weighted by atomic mass is 35.5. The fourth-order valence-electron chi connectivity index (χ4n) is 3.46. The Kier molecular flexibility index (Phi) is 5.65. The first-order valence-electron chi connectivity index (χ1n) is 9.42. The highest BCUT2D eigenvalue weighted by Crippen LogP contribution is 2.30. The monoisotopic (exact) mass is 408 g/mol. The number of halogens is 1. The summed E-state index contributed by atoms with van der Waals surface area (Å²) in [4.78, 5) is 2.23. The van der Waals surface area contributed by atoms with Gasteiger partial charge in [-0.05, 0) is 35.9 Å². The van der Waals surface area contributed by atoms with E-state index in [1.165, 1.54) is 0 Å². The van der Waals surface area contributed by atoms with E-state index in [1.54, 1.807) is 7.11 Å². The van der Waals surface area contributed by atoms with Crippen molar-refractivity contribution in [2.75, 3.05) is 43.5 Å². The van der Waals surface area contributed by atoms with Crippen LogP contribution in [0.2, 0.25) is 5.02 Å². The number of piperazine rings is 1. The van der Waals surface area contributed by atoms with Crippen molar-refractivity contribution in [3.63, 3.8) is 0 Å². The van der Waals surface area contributed by atoms with Gasteiger partial charge in [0.05, 0.1) is 23.8 Å². The van der Waals surface area contributed by atoms with Gasteiger partial charge in [0.25, 0.3) is 0 Å². The molecule has 148 valence electrons. The van der Waals surface area contributed by atoms with Gasteiger partial charge in [0.15, 0.2) is 11.6 Å². The van der Waals surface area contributed by atoms with Crippen molar-refractivity contribution in [2.45, 2.75) is 6.54 Å². The highest BCUT2D eigenvalue weighted by molar-refractivity contribution is 6.32. The summed E-state index contributed by atoms with van der Waals surface area (Å²) in [6, 6.07) is 13.5. The molecule has 8 heteroatoms. The van der Waals surface area contributed by atoms with E-state index >= 15 is 0 Å². The van der Waals surface area contributed by atoms with E-state index in [1.807, 2.05) is 36.4 Å². The third-order valence-electron chi connectivity index (χ3n) is 4.98. The Bertz CT molecular complexity index is 1070. The number of aromatic nitrogens is 2. The summed E-state index contributed by atoms with van der Waals surface area (Å²) >= 11 is 6.23. The number of hydrogen-bond acceptors (Lipinski definition) is 7. The second-order valence-corrected chi connectivity index (χ2v) is 7.21. The summed E-state index contributed by atoms with van der Waals surface area (Å²) < 4.78 is 5.20. The minimum absolute atomic E-state index is 0.525. The SMILES string of the molecule is COc1ccc(CNc2nnc(N3CCNCC3)c3ccc(C#N)cc23)cc1Cl. The molecule has 0 unspecified atom stereocenters. The van der Waals surface area contributed by atoms with E-state index in [9.17, 15) is 5.26 Å². The molecule has 4 rings (SSSR count). The molecular weight excluding hydrogens is 388 g/mol. The van der Waals surface area contributed by atoms with Crippen LogP contribution in [-0.4, -0.2) is 43.5 Å². The van der Waals surface area contributed by atoms with Crippen molar-refractivity contribution in [2.24, 2.45) is 0 Å². The molecule has 1 aliphatic heterocycles. The van der Waals surface area contributed by atoms with Crippen LogP contribution in [0.15, 0.2) is 36.4 Å². The van der Waals surface area contributed by atoms with Crippen LogP contribution in [0.4, 0.5) is 11.6 Å². The zero-order valence-corrected chi connectivity index (χ0v) is 16.8. The van der Waals surface area contributed by atoms with Gasteiger partial charge < -0.3 is 20.3 Å². The second kappa shape index (κ2) is 8.52. The molecule has 1 fully saturated rings. The van der Waals surface area contributed by atoms with E-state index in [0.29, 0.717) is 28.7 Å². The van der Waals surface area contributed by atoms with Crippen LogP contribution in [0.1, 0.15) is 11.1 Å². The zero-order chi connectivity index (χ0) is 20.2. The number of nitrogens with zero attached hydrogens (tertiary/aromatic N) is 4. The van der Waals surface area contributed by atoms with E-state index < -0.39 is 0 Å². The standard InChI is InChI=1S/C21H21ClN6O/c1-29-19-5-3-15(11-18(19)22)13-25-20-17-10-14(12-23)2-4-16(17)21(27-26-20)28-8-6-24-7-9-28/h2-5,10-11,24H,6-9,13H2,1H3,(H,25,26). The fraction of sp³-hybridized carbons (Fsp3) is 0.286. The number of rotatable bonds is 5. The Morgan fingerprint density at radius 2 is 2.00 bits per heavy atom. The maximum atomic E-state index is 9.34. The number of nitriles is 1. The largest absolute Gasteiger partial charge is 0.495 e. The van der Waals surface area contributed by atoms with E-state index in [0.717, 1.165) is 48.3 Å². The lowest BCUT2D eigenvalue weighted by molar-refractivity contribution is 0.415. The quantitative estimate of drug-likeness (QED) is 0.670. The molecule has 2 N–H and O–H groups in total. The van der Waals surface area contributed by atoms with Gasteiger partial charge in [-0.1, -0.05) is 17.7 Å². The summed E-state index contributed by atoms with van der Waals surface area (Å²) in [5.74, 6) is 2.13. The molecular formula is C21H21ClN6O. The van der Waals surface area contributed by atoms with Gasteiger partial charge in [-0.25, -0.2) is 0 Å². The third kappa shape index (κ3) is 4.04. The van der Waals surface area contributed by atoms with Crippen molar-refractivity contribution >= 4 is 34.0 Å². The summed E-state index contributed by atoms with van der Waals surface area (Å²) in [5, 5.41) is 27.4. The molecule has 7 nitrogen and oxygen atoms in total. The fourth-order valence-corrected chi connectivity index (χ4v) is 3.74. The predicted octanol–water partition coefficient (Wildman–Crippen LogP) is 3.19. The van der Waals surface area contributed by atoms with Crippen LogP contribution >= 0.6 is 11.6 Å². The van der Waals surface area contributed by atoms with Crippen molar-refractivity contribution < 1.29 is 4.74 Å². The topological polar surface area (TPSA) is 86.1 Å². The van der Waals surface area contributed by atoms with E-state index in [-0.39, 0.29) is 0 Å². The molecule has 0 aliphatic carbocycles. The Morgan fingerprint density at radius 3 is 2.72 bits per heavy atom. The lowest BCUT2D eigenvalue weighted by atomic mass is 10.1. The molecule has 1 saturated heterocycles. The van der Waals surface area contributed by atoms with Gasteiger partial charge in [0.1, 0.15) is 5.75 Å². The molecule has 0 saturated carbocycles. The Morgan fingerprint density at radius 1 is 1.17 bits per heavy atom. The number of benzene rings is 2. The average Bonchev–Trinajstić information content (AvgIpc) is 2.77. The smallest absolute Gasteiger partial charge is 0.159 e. The maximum absolute atomic E-state index is 9.34. The van der Waals surface area contributed by atoms with Crippen LogP contribution < -0.4 is 20.3 Å². The van der Waals surface area contributed by atoms with Crippen LogP contribution in [0.5, 0.6) is 5.75 Å². The van der Waals surface area contributed by atoms with Gasteiger partial charge in [-0.15, -0.1) is 10.2 Å². The van der Waals surface area contributed by atoms with Crippen molar-refractivity contribution in [3.05, 3.63) is 52.5 Å². The molecule has 0 bridgehead atoms. The molecule has 0 radical (unpaired) electrons. The zero-order valence-electron chi connectivity index (χ0n) is 16.1. The van der Waals surface area contributed by atoms with E-state index in [2.05, 4.69) is 31.8 Å². The summed E-state index contributed by atoms with van der Waals surface area (Å²) in [5.41, 5.74) is 1.58. The lowest BCUT2D eigenvalue weighted by Gasteiger charge is -2.29. The first-order valence-corrected chi connectivity index (χ1v) is 9.80. The molecule has 0 amide bonds. The minimum Gasteiger partial charge on any atom is -0.495 e. The lowest BCUT2D eigenvalue weighted by Crippen LogP contribution is -2.44. The Balaban J connectivity index is 1.67. The number of methoxy groups -OCH3 is 1.